The average Bonchev–Trinajstić information content (AvgIpc) is 2.57. The molecule has 0 aliphatic carbocycles. The van der Waals surface area contributed by atoms with E-state index in [-0.39, 0.29) is 11.4 Å². The topological polar surface area (TPSA) is 73.6 Å². The van der Waals surface area contributed by atoms with Crippen LogP contribution in [-0.2, 0) is 4.74 Å². The fraction of sp³-hybridized carbons (Fsp3) is 0.588. The minimum atomic E-state index is -0.341. The SMILES string of the molecule is CCC(CC)(CN)NC(=O)c1cccc(OCCCOC)c1. The van der Waals surface area contributed by atoms with Gasteiger partial charge in [-0.2, -0.15) is 0 Å². The Bertz CT molecular complexity index is 451. The Morgan fingerprint density at radius 3 is 2.59 bits per heavy atom. The molecule has 0 atom stereocenters. The highest BCUT2D eigenvalue weighted by atomic mass is 16.5. The number of amides is 1. The third-order valence-electron chi connectivity index (χ3n) is 3.98. The third-order valence-corrected chi connectivity index (χ3v) is 3.98. The number of nitrogens with two attached hydrogens (primary N) is 1. The van der Waals surface area contributed by atoms with Crippen molar-refractivity contribution in [1.29, 1.82) is 0 Å². The van der Waals surface area contributed by atoms with Gasteiger partial charge in [0.2, 0.25) is 0 Å². The highest BCUT2D eigenvalue weighted by Crippen LogP contribution is 2.17. The first kappa shape index (κ1) is 18.5. The van der Waals surface area contributed by atoms with Gasteiger partial charge in [0.1, 0.15) is 5.75 Å². The number of rotatable bonds is 10. The fourth-order valence-corrected chi connectivity index (χ4v) is 2.20. The van der Waals surface area contributed by atoms with Gasteiger partial charge >= 0.3 is 0 Å². The second kappa shape index (κ2) is 9.43. The van der Waals surface area contributed by atoms with E-state index < -0.39 is 0 Å². The second-order valence-electron chi connectivity index (χ2n) is 5.37. The maximum Gasteiger partial charge on any atom is 0.251 e. The zero-order valence-electron chi connectivity index (χ0n) is 13.9. The number of hydrogen-bond acceptors (Lipinski definition) is 4. The van der Waals surface area contributed by atoms with Gasteiger partial charge in [-0.3, -0.25) is 4.79 Å². The number of ether oxygens (including phenoxy) is 2. The van der Waals surface area contributed by atoms with Crippen molar-refractivity contribution < 1.29 is 14.3 Å². The van der Waals surface area contributed by atoms with E-state index in [1.165, 1.54) is 0 Å². The van der Waals surface area contributed by atoms with Gasteiger partial charge in [-0.1, -0.05) is 19.9 Å². The molecule has 5 nitrogen and oxygen atoms in total. The maximum atomic E-state index is 12.4. The van der Waals surface area contributed by atoms with Gasteiger partial charge in [0.05, 0.1) is 12.1 Å². The smallest absolute Gasteiger partial charge is 0.251 e. The van der Waals surface area contributed by atoms with Crippen molar-refractivity contribution in [1.82, 2.24) is 5.32 Å². The Kier molecular flexibility index (Phi) is 7.91. The number of nitrogens with one attached hydrogen (secondary N) is 1. The molecule has 0 unspecified atom stereocenters. The predicted molar refractivity (Wildman–Crippen MR) is 88.3 cm³/mol. The number of carbonyl (C=O) groups is 1. The van der Waals surface area contributed by atoms with Crippen LogP contribution in [0.3, 0.4) is 0 Å². The van der Waals surface area contributed by atoms with Crippen LogP contribution in [-0.4, -0.2) is 38.3 Å². The third kappa shape index (κ3) is 5.31. The summed E-state index contributed by atoms with van der Waals surface area (Å²) in [6.07, 6.45) is 2.42. The minimum Gasteiger partial charge on any atom is -0.493 e. The Morgan fingerprint density at radius 2 is 2.00 bits per heavy atom. The van der Waals surface area contributed by atoms with Gasteiger partial charge in [0.25, 0.3) is 5.91 Å². The van der Waals surface area contributed by atoms with Crippen LogP contribution in [0.5, 0.6) is 5.75 Å². The van der Waals surface area contributed by atoms with E-state index in [1.807, 2.05) is 26.0 Å². The van der Waals surface area contributed by atoms with Crippen LogP contribution >= 0.6 is 0 Å². The summed E-state index contributed by atoms with van der Waals surface area (Å²) in [5, 5.41) is 3.06. The van der Waals surface area contributed by atoms with Crippen molar-refractivity contribution in [3.63, 3.8) is 0 Å². The van der Waals surface area contributed by atoms with Crippen molar-refractivity contribution in [2.75, 3.05) is 26.9 Å². The molecule has 1 rings (SSSR count). The molecular formula is C17H28N2O3. The van der Waals surface area contributed by atoms with Crippen LogP contribution < -0.4 is 15.8 Å². The molecule has 1 aromatic rings. The van der Waals surface area contributed by atoms with Crippen LogP contribution in [0.25, 0.3) is 0 Å². The predicted octanol–water partition coefficient (Wildman–Crippen LogP) is 2.35. The van der Waals surface area contributed by atoms with Crippen molar-refractivity contribution in [2.24, 2.45) is 5.73 Å². The highest BCUT2D eigenvalue weighted by molar-refractivity contribution is 5.95. The molecule has 0 aliphatic rings. The van der Waals surface area contributed by atoms with E-state index in [2.05, 4.69) is 5.32 Å². The summed E-state index contributed by atoms with van der Waals surface area (Å²) in [6.45, 7) is 5.72. The van der Waals surface area contributed by atoms with E-state index in [9.17, 15) is 4.79 Å². The Balaban J connectivity index is 2.69. The van der Waals surface area contributed by atoms with E-state index >= 15 is 0 Å². The lowest BCUT2D eigenvalue weighted by Crippen LogP contribution is -2.52. The van der Waals surface area contributed by atoms with Crippen LogP contribution in [0.1, 0.15) is 43.5 Å². The molecule has 22 heavy (non-hydrogen) atoms. The van der Waals surface area contributed by atoms with Crippen molar-refractivity contribution in [3.8, 4) is 5.75 Å². The van der Waals surface area contributed by atoms with Gasteiger partial charge in [-0.25, -0.2) is 0 Å². The fourth-order valence-electron chi connectivity index (χ4n) is 2.20. The number of benzene rings is 1. The molecule has 5 heteroatoms. The van der Waals surface area contributed by atoms with Crippen LogP contribution in [0.15, 0.2) is 24.3 Å². The molecule has 0 aliphatic heterocycles. The average molecular weight is 308 g/mol. The van der Waals surface area contributed by atoms with Crippen LogP contribution in [0.4, 0.5) is 0 Å². The summed E-state index contributed by atoms with van der Waals surface area (Å²) in [6, 6.07) is 7.21. The zero-order valence-corrected chi connectivity index (χ0v) is 13.9. The lowest BCUT2D eigenvalue weighted by molar-refractivity contribution is 0.0894. The molecule has 0 saturated heterocycles. The van der Waals surface area contributed by atoms with Crippen LogP contribution in [0.2, 0.25) is 0 Å². The summed E-state index contributed by atoms with van der Waals surface area (Å²) < 4.78 is 10.6. The Labute approximate surface area is 133 Å². The highest BCUT2D eigenvalue weighted by Gasteiger charge is 2.26. The van der Waals surface area contributed by atoms with Gasteiger partial charge in [-0.15, -0.1) is 0 Å². The largest absolute Gasteiger partial charge is 0.493 e. The molecule has 0 bridgehead atoms. The molecular weight excluding hydrogens is 280 g/mol. The summed E-state index contributed by atoms with van der Waals surface area (Å²) in [4.78, 5) is 12.4. The minimum absolute atomic E-state index is 0.114. The Hall–Kier alpha value is -1.59. The van der Waals surface area contributed by atoms with Crippen molar-refractivity contribution >= 4 is 5.91 Å². The van der Waals surface area contributed by atoms with Gasteiger partial charge in [0, 0.05) is 32.2 Å². The molecule has 3 N–H and O–H groups in total. The zero-order chi connectivity index (χ0) is 16.4. The molecule has 1 aromatic carbocycles. The first-order chi connectivity index (χ1) is 10.6. The van der Waals surface area contributed by atoms with E-state index in [1.54, 1.807) is 19.2 Å². The van der Waals surface area contributed by atoms with Gasteiger partial charge in [-0.05, 0) is 31.0 Å². The Morgan fingerprint density at radius 1 is 1.27 bits per heavy atom. The first-order valence-corrected chi connectivity index (χ1v) is 7.85. The first-order valence-electron chi connectivity index (χ1n) is 7.85. The normalized spacial score (nSPS) is 11.3. The lowest BCUT2D eigenvalue weighted by atomic mass is 9.92. The van der Waals surface area contributed by atoms with E-state index in [0.717, 1.165) is 19.3 Å². The maximum absolute atomic E-state index is 12.4. The quantitative estimate of drug-likeness (QED) is 0.651. The van der Waals surface area contributed by atoms with Gasteiger partial charge < -0.3 is 20.5 Å². The monoisotopic (exact) mass is 308 g/mol. The van der Waals surface area contributed by atoms with E-state index in [4.69, 9.17) is 15.2 Å². The molecule has 124 valence electrons. The lowest BCUT2D eigenvalue weighted by Gasteiger charge is -2.31. The number of methoxy groups -OCH3 is 1. The van der Waals surface area contributed by atoms with Crippen molar-refractivity contribution in [2.45, 2.75) is 38.6 Å². The van der Waals surface area contributed by atoms with Gasteiger partial charge in [0.15, 0.2) is 0 Å². The number of carbonyl (C=O) groups excluding carboxylic acids is 1. The standard InChI is InChI=1S/C17H28N2O3/c1-4-17(5-2,13-18)19-16(20)14-8-6-9-15(12-14)22-11-7-10-21-3/h6,8-9,12H,4-5,7,10-11,13,18H2,1-3H3,(H,19,20). The van der Waals surface area contributed by atoms with Crippen LogP contribution in [0, 0.1) is 0 Å². The molecule has 0 fully saturated rings. The second-order valence-corrected chi connectivity index (χ2v) is 5.37. The summed E-state index contributed by atoms with van der Waals surface area (Å²) >= 11 is 0. The molecule has 0 radical (unpaired) electrons. The molecule has 0 saturated carbocycles. The molecule has 0 spiro atoms. The summed E-state index contributed by atoms with van der Waals surface area (Å²) in [5.41, 5.74) is 6.07. The molecule has 0 aromatic heterocycles. The van der Waals surface area contributed by atoms with Crippen molar-refractivity contribution in [3.05, 3.63) is 29.8 Å². The molecule has 0 heterocycles. The van der Waals surface area contributed by atoms with E-state index in [0.29, 0.717) is 31.1 Å². The summed E-state index contributed by atoms with van der Waals surface area (Å²) in [7, 11) is 1.66. The summed E-state index contributed by atoms with van der Waals surface area (Å²) in [5.74, 6) is 0.576. The molecule has 1 amide bonds. The number of hydrogen-bond donors (Lipinski definition) is 2.